The van der Waals surface area contributed by atoms with Gasteiger partial charge in [0.05, 0.1) is 0 Å². The summed E-state index contributed by atoms with van der Waals surface area (Å²) in [7, 11) is 0. The highest BCUT2D eigenvalue weighted by Gasteiger charge is 2.06. The second-order valence-electron chi connectivity index (χ2n) is 4.67. The monoisotopic (exact) mass is 252 g/mol. The zero-order valence-corrected chi connectivity index (χ0v) is 12.0. The molecule has 0 spiro atoms. The lowest BCUT2D eigenvalue weighted by molar-refractivity contribution is 0.304. The zero-order valence-electron chi connectivity index (χ0n) is 11.2. The van der Waals surface area contributed by atoms with Crippen molar-refractivity contribution in [3.63, 3.8) is 0 Å². The first kappa shape index (κ1) is 14.4. The number of nitrogens with zero attached hydrogens (tertiary/aromatic N) is 1. The highest BCUT2D eigenvalue weighted by atomic mass is 32.1. The molecular weight excluding hydrogens is 228 g/mol. The fraction of sp³-hybridized carbons (Fsp3) is 0.571. The molecule has 0 aliphatic rings. The van der Waals surface area contributed by atoms with Crippen LogP contribution in [0.25, 0.3) is 0 Å². The van der Waals surface area contributed by atoms with Crippen molar-refractivity contribution in [2.75, 3.05) is 19.6 Å². The van der Waals surface area contributed by atoms with Gasteiger partial charge in [0.2, 0.25) is 0 Å². The van der Waals surface area contributed by atoms with Gasteiger partial charge in [0.1, 0.15) is 0 Å². The fourth-order valence-corrected chi connectivity index (χ4v) is 2.37. The molecule has 17 heavy (non-hydrogen) atoms. The first-order valence-corrected chi connectivity index (χ1v) is 7.14. The van der Waals surface area contributed by atoms with E-state index in [2.05, 4.69) is 55.1 Å². The molecule has 2 nitrogen and oxygen atoms in total. The van der Waals surface area contributed by atoms with Crippen molar-refractivity contribution in [3.05, 3.63) is 34.5 Å². The van der Waals surface area contributed by atoms with E-state index in [1.807, 2.05) is 11.3 Å². The summed E-state index contributed by atoms with van der Waals surface area (Å²) in [6.45, 7) is 14.7. The molecular formula is C14H24N2S. The van der Waals surface area contributed by atoms with Crippen molar-refractivity contribution in [2.45, 2.75) is 33.4 Å². The molecule has 0 aromatic carbocycles. The van der Waals surface area contributed by atoms with Gasteiger partial charge in [0.15, 0.2) is 0 Å². The summed E-state index contributed by atoms with van der Waals surface area (Å²) in [4.78, 5) is 3.85. The minimum absolute atomic E-state index is 0.527. The van der Waals surface area contributed by atoms with Crippen LogP contribution in [0.15, 0.2) is 29.7 Å². The summed E-state index contributed by atoms with van der Waals surface area (Å²) in [5.74, 6) is 0. The first-order chi connectivity index (χ1) is 8.11. The van der Waals surface area contributed by atoms with Crippen LogP contribution < -0.4 is 5.32 Å². The number of rotatable bonds is 8. The summed E-state index contributed by atoms with van der Waals surface area (Å²) in [5, 5.41) is 5.55. The predicted molar refractivity (Wildman–Crippen MR) is 77.5 cm³/mol. The van der Waals surface area contributed by atoms with Crippen LogP contribution in [0.3, 0.4) is 0 Å². The lowest BCUT2D eigenvalue weighted by Crippen LogP contribution is -2.31. The second kappa shape index (κ2) is 7.64. The van der Waals surface area contributed by atoms with E-state index < -0.39 is 0 Å². The van der Waals surface area contributed by atoms with E-state index in [4.69, 9.17) is 0 Å². The van der Waals surface area contributed by atoms with Crippen LogP contribution in [0.2, 0.25) is 0 Å². The fourth-order valence-electron chi connectivity index (χ4n) is 1.62. The molecule has 96 valence electrons. The van der Waals surface area contributed by atoms with Gasteiger partial charge in [0.25, 0.3) is 0 Å². The van der Waals surface area contributed by atoms with Gasteiger partial charge in [-0.25, -0.2) is 0 Å². The van der Waals surface area contributed by atoms with Crippen LogP contribution in [0.4, 0.5) is 0 Å². The number of hydrogen-bond donors (Lipinski definition) is 1. The smallest absolute Gasteiger partial charge is 0.0331 e. The van der Waals surface area contributed by atoms with Gasteiger partial charge in [-0.15, -0.1) is 11.3 Å². The van der Waals surface area contributed by atoms with E-state index in [1.54, 1.807) is 0 Å². The molecule has 0 atom stereocenters. The molecule has 1 aromatic heterocycles. The maximum absolute atomic E-state index is 4.14. The molecule has 0 radical (unpaired) electrons. The molecule has 1 aromatic rings. The standard InChI is InChI=1S/C14H24N2S/c1-5-16(11-14-7-6-8-17-14)10-13(4)9-15-12(2)3/h6-8,12,15H,4-5,9-11H2,1-3H3. The maximum atomic E-state index is 4.14. The Kier molecular flexibility index (Phi) is 6.48. The number of thiophene rings is 1. The van der Waals surface area contributed by atoms with Crippen molar-refractivity contribution in [2.24, 2.45) is 0 Å². The molecule has 0 aliphatic carbocycles. The number of hydrogen-bond acceptors (Lipinski definition) is 3. The average molecular weight is 252 g/mol. The third kappa shape index (κ3) is 6.01. The Bertz CT molecular complexity index is 317. The van der Waals surface area contributed by atoms with E-state index in [-0.39, 0.29) is 0 Å². The molecule has 0 amide bonds. The largest absolute Gasteiger partial charge is 0.311 e. The Hall–Kier alpha value is -0.640. The summed E-state index contributed by atoms with van der Waals surface area (Å²) < 4.78 is 0. The Balaban J connectivity index is 2.33. The summed E-state index contributed by atoms with van der Waals surface area (Å²) >= 11 is 1.82. The van der Waals surface area contributed by atoms with Crippen LogP contribution in [0, 0.1) is 0 Å². The number of nitrogens with one attached hydrogen (secondary N) is 1. The van der Waals surface area contributed by atoms with Crippen molar-refractivity contribution in [3.8, 4) is 0 Å². The van der Waals surface area contributed by atoms with Crippen molar-refractivity contribution in [1.82, 2.24) is 10.2 Å². The van der Waals surface area contributed by atoms with E-state index in [9.17, 15) is 0 Å². The van der Waals surface area contributed by atoms with Crippen LogP contribution in [-0.4, -0.2) is 30.6 Å². The highest BCUT2D eigenvalue weighted by molar-refractivity contribution is 7.09. The van der Waals surface area contributed by atoms with Gasteiger partial charge < -0.3 is 5.32 Å². The molecule has 0 unspecified atom stereocenters. The predicted octanol–water partition coefficient (Wildman–Crippen LogP) is 3.12. The lowest BCUT2D eigenvalue weighted by Gasteiger charge is -2.21. The molecule has 0 aliphatic heterocycles. The average Bonchev–Trinajstić information content (AvgIpc) is 2.78. The van der Waals surface area contributed by atoms with E-state index in [0.717, 1.165) is 26.2 Å². The van der Waals surface area contributed by atoms with Gasteiger partial charge in [-0.3, -0.25) is 4.90 Å². The van der Waals surface area contributed by atoms with Crippen molar-refractivity contribution >= 4 is 11.3 Å². The first-order valence-electron chi connectivity index (χ1n) is 6.26. The molecule has 1 N–H and O–H groups in total. The van der Waals surface area contributed by atoms with Crippen LogP contribution in [0.5, 0.6) is 0 Å². The van der Waals surface area contributed by atoms with Crippen molar-refractivity contribution < 1.29 is 0 Å². The molecule has 0 bridgehead atoms. The van der Waals surface area contributed by atoms with Gasteiger partial charge in [0, 0.05) is 30.6 Å². The van der Waals surface area contributed by atoms with Crippen molar-refractivity contribution in [1.29, 1.82) is 0 Å². The molecule has 3 heteroatoms. The Morgan fingerprint density at radius 2 is 2.29 bits per heavy atom. The lowest BCUT2D eigenvalue weighted by atomic mass is 10.2. The minimum atomic E-state index is 0.527. The summed E-state index contributed by atoms with van der Waals surface area (Å²) in [6, 6.07) is 4.84. The molecule has 0 saturated heterocycles. The van der Waals surface area contributed by atoms with Gasteiger partial charge in [-0.1, -0.05) is 33.4 Å². The normalized spacial score (nSPS) is 11.4. The van der Waals surface area contributed by atoms with Crippen LogP contribution >= 0.6 is 11.3 Å². The third-order valence-corrected chi connectivity index (χ3v) is 3.48. The highest BCUT2D eigenvalue weighted by Crippen LogP contribution is 2.12. The van der Waals surface area contributed by atoms with Crippen LogP contribution in [0.1, 0.15) is 25.6 Å². The van der Waals surface area contributed by atoms with E-state index >= 15 is 0 Å². The summed E-state index contributed by atoms with van der Waals surface area (Å²) in [5.41, 5.74) is 1.26. The molecule has 0 saturated carbocycles. The van der Waals surface area contributed by atoms with Crippen LogP contribution in [-0.2, 0) is 6.54 Å². The Labute approximate surface area is 109 Å². The van der Waals surface area contributed by atoms with Gasteiger partial charge in [-0.2, -0.15) is 0 Å². The molecule has 1 heterocycles. The summed E-state index contributed by atoms with van der Waals surface area (Å²) in [6.07, 6.45) is 0. The Morgan fingerprint density at radius 3 is 2.82 bits per heavy atom. The third-order valence-electron chi connectivity index (χ3n) is 2.61. The van der Waals surface area contributed by atoms with Gasteiger partial charge in [-0.05, 0) is 23.6 Å². The van der Waals surface area contributed by atoms with Gasteiger partial charge >= 0.3 is 0 Å². The number of likely N-dealkylation sites (N-methyl/N-ethyl adjacent to an activating group) is 1. The van der Waals surface area contributed by atoms with E-state index in [1.165, 1.54) is 10.5 Å². The Morgan fingerprint density at radius 1 is 1.53 bits per heavy atom. The SMILES string of the molecule is C=C(CNC(C)C)CN(CC)Cc1cccs1. The zero-order chi connectivity index (χ0) is 12.7. The molecule has 1 rings (SSSR count). The maximum Gasteiger partial charge on any atom is 0.0331 e. The second-order valence-corrected chi connectivity index (χ2v) is 5.70. The topological polar surface area (TPSA) is 15.3 Å². The quantitative estimate of drug-likeness (QED) is 0.715. The minimum Gasteiger partial charge on any atom is -0.311 e. The molecule has 0 fully saturated rings. The van der Waals surface area contributed by atoms with E-state index in [0.29, 0.717) is 6.04 Å².